The number of anilines is 1. The number of benzene rings is 2. The summed E-state index contributed by atoms with van der Waals surface area (Å²) in [6, 6.07) is 11.7. The number of carbonyl (C=O) groups excluding carboxylic acids is 1. The molecule has 3 rings (SSSR count). The van der Waals surface area contributed by atoms with Gasteiger partial charge in [0.05, 0.1) is 5.92 Å². The molecule has 0 radical (unpaired) electrons. The fourth-order valence-electron chi connectivity index (χ4n) is 3.51. The van der Waals surface area contributed by atoms with Crippen LogP contribution in [0, 0.1) is 19.8 Å². The van der Waals surface area contributed by atoms with Crippen molar-refractivity contribution in [3.05, 3.63) is 63.1 Å². The molecule has 1 fully saturated rings. The maximum absolute atomic E-state index is 12.7. The topological polar surface area (TPSA) is 32.3 Å². The van der Waals surface area contributed by atoms with Crippen LogP contribution in [0.15, 0.2) is 36.4 Å². The molecule has 138 valence electrons. The van der Waals surface area contributed by atoms with Gasteiger partial charge in [-0.3, -0.25) is 9.69 Å². The zero-order valence-electron chi connectivity index (χ0n) is 15.2. The SMILES string of the molecule is Cc1ccc(NC(=O)[C@H]2CCCN(Cc3c(Cl)cccc3Cl)C2)c(C)c1. The number of hydrogen-bond donors (Lipinski definition) is 1. The zero-order valence-corrected chi connectivity index (χ0v) is 16.7. The van der Waals surface area contributed by atoms with E-state index in [1.807, 2.05) is 37.3 Å². The Labute approximate surface area is 165 Å². The summed E-state index contributed by atoms with van der Waals surface area (Å²) in [6.45, 7) is 6.42. The lowest BCUT2D eigenvalue weighted by atomic mass is 9.96. The van der Waals surface area contributed by atoms with E-state index in [0.717, 1.165) is 42.7 Å². The summed E-state index contributed by atoms with van der Waals surface area (Å²) in [4.78, 5) is 15.0. The number of carbonyl (C=O) groups is 1. The lowest BCUT2D eigenvalue weighted by molar-refractivity contribution is -0.121. The first-order chi connectivity index (χ1) is 12.4. The second kappa shape index (κ2) is 8.43. The molecule has 0 bridgehead atoms. The quantitative estimate of drug-likeness (QED) is 0.751. The fraction of sp³-hybridized carbons (Fsp3) is 0.381. The van der Waals surface area contributed by atoms with Crippen LogP contribution in [0.2, 0.25) is 10.0 Å². The second-order valence-electron chi connectivity index (χ2n) is 7.08. The third-order valence-electron chi connectivity index (χ3n) is 4.96. The Morgan fingerprint density at radius 2 is 1.92 bits per heavy atom. The third-order valence-corrected chi connectivity index (χ3v) is 5.67. The minimum absolute atomic E-state index is 0.0225. The molecule has 5 heteroatoms. The Morgan fingerprint density at radius 1 is 1.19 bits per heavy atom. The first kappa shape index (κ1) is 19.2. The minimum Gasteiger partial charge on any atom is -0.326 e. The zero-order chi connectivity index (χ0) is 18.7. The average molecular weight is 391 g/mol. The number of nitrogens with one attached hydrogen (secondary N) is 1. The Balaban J connectivity index is 1.65. The summed E-state index contributed by atoms with van der Waals surface area (Å²) in [7, 11) is 0. The van der Waals surface area contributed by atoms with Crippen LogP contribution in [0.5, 0.6) is 0 Å². The van der Waals surface area contributed by atoms with E-state index >= 15 is 0 Å². The van der Waals surface area contributed by atoms with Gasteiger partial charge in [-0.25, -0.2) is 0 Å². The lowest BCUT2D eigenvalue weighted by Gasteiger charge is -2.32. The molecule has 1 aliphatic heterocycles. The molecular formula is C21H24Cl2N2O. The van der Waals surface area contributed by atoms with Crippen molar-refractivity contribution in [2.75, 3.05) is 18.4 Å². The van der Waals surface area contributed by atoms with Gasteiger partial charge >= 0.3 is 0 Å². The fourth-order valence-corrected chi connectivity index (χ4v) is 4.03. The summed E-state index contributed by atoms with van der Waals surface area (Å²) < 4.78 is 0. The molecule has 1 aliphatic rings. The van der Waals surface area contributed by atoms with Crippen molar-refractivity contribution in [2.45, 2.75) is 33.2 Å². The van der Waals surface area contributed by atoms with Gasteiger partial charge in [-0.05, 0) is 57.0 Å². The number of likely N-dealkylation sites (tertiary alicyclic amines) is 1. The third kappa shape index (κ3) is 4.59. The summed E-state index contributed by atoms with van der Waals surface area (Å²) in [5.74, 6) is 0.0672. The minimum atomic E-state index is -0.0225. The molecule has 1 saturated heterocycles. The molecule has 0 unspecified atom stereocenters. The number of halogens is 2. The predicted molar refractivity (Wildman–Crippen MR) is 109 cm³/mol. The van der Waals surface area contributed by atoms with E-state index in [4.69, 9.17) is 23.2 Å². The number of aryl methyl sites for hydroxylation is 2. The predicted octanol–water partition coefficient (Wildman–Crippen LogP) is 5.46. The molecule has 0 spiro atoms. The summed E-state index contributed by atoms with van der Waals surface area (Å²) >= 11 is 12.6. The largest absolute Gasteiger partial charge is 0.326 e. The molecule has 2 aromatic carbocycles. The van der Waals surface area contributed by atoms with Gasteiger partial charge in [-0.1, -0.05) is 47.0 Å². The van der Waals surface area contributed by atoms with Gasteiger partial charge in [0, 0.05) is 34.4 Å². The van der Waals surface area contributed by atoms with E-state index in [1.165, 1.54) is 5.56 Å². The molecule has 26 heavy (non-hydrogen) atoms. The van der Waals surface area contributed by atoms with Gasteiger partial charge in [-0.2, -0.15) is 0 Å². The second-order valence-corrected chi connectivity index (χ2v) is 7.90. The van der Waals surface area contributed by atoms with E-state index in [-0.39, 0.29) is 11.8 Å². The maximum Gasteiger partial charge on any atom is 0.228 e. The molecule has 1 heterocycles. The van der Waals surface area contributed by atoms with Crippen LogP contribution in [0.4, 0.5) is 5.69 Å². The van der Waals surface area contributed by atoms with Crippen LogP contribution in [-0.2, 0) is 11.3 Å². The number of amides is 1. The highest BCUT2D eigenvalue weighted by Crippen LogP contribution is 2.28. The Bertz CT molecular complexity index is 786. The van der Waals surface area contributed by atoms with E-state index in [1.54, 1.807) is 0 Å². The molecule has 0 aliphatic carbocycles. The van der Waals surface area contributed by atoms with Crippen LogP contribution in [0.25, 0.3) is 0 Å². The van der Waals surface area contributed by atoms with Gasteiger partial charge in [0.2, 0.25) is 5.91 Å². The molecule has 0 saturated carbocycles. The summed E-state index contributed by atoms with van der Waals surface area (Å²) in [5.41, 5.74) is 4.12. The Kier molecular flexibility index (Phi) is 6.23. The smallest absolute Gasteiger partial charge is 0.228 e. The first-order valence-electron chi connectivity index (χ1n) is 8.97. The molecule has 2 aromatic rings. The number of nitrogens with zero attached hydrogens (tertiary/aromatic N) is 1. The molecule has 1 atom stereocenters. The van der Waals surface area contributed by atoms with E-state index in [0.29, 0.717) is 16.6 Å². The Morgan fingerprint density at radius 3 is 2.62 bits per heavy atom. The van der Waals surface area contributed by atoms with Crippen molar-refractivity contribution in [1.29, 1.82) is 0 Å². The van der Waals surface area contributed by atoms with Gasteiger partial charge in [0.15, 0.2) is 0 Å². The van der Waals surface area contributed by atoms with Gasteiger partial charge in [-0.15, -0.1) is 0 Å². The van der Waals surface area contributed by atoms with Crippen molar-refractivity contribution in [3.63, 3.8) is 0 Å². The van der Waals surface area contributed by atoms with Gasteiger partial charge in [0.25, 0.3) is 0 Å². The molecule has 1 amide bonds. The lowest BCUT2D eigenvalue weighted by Crippen LogP contribution is -2.40. The summed E-state index contributed by atoms with van der Waals surface area (Å²) in [5, 5.41) is 4.46. The maximum atomic E-state index is 12.7. The van der Waals surface area contributed by atoms with Crippen LogP contribution in [-0.4, -0.2) is 23.9 Å². The van der Waals surface area contributed by atoms with Crippen LogP contribution in [0.1, 0.15) is 29.5 Å². The van der Waals surface area contributed by atoms with E-state index < -0.39 is 0 Å². The summed E-state index contributed by atoms with van der Waals surface area (Å²) in [6.07, 6.45) is 1.90. The van der Waals surface area contributed by atoms with E-state index in [2.05, 4.69) is 23.2 Å². The number of hydrogen-bond acceptors (Lipinski definition) is 2. The highest BCUT2D eigenvalue weighted by Gasteiger charge is 2.26. The van der Waals surface area contributed by atoms with Crippen molar-refractivity contribution in [1.82, 2.24) is 4.90 Å². The van der Waals surface area contributed by atoms with Gasteiger partial charge in [0.1, 0.15) is 0 Å². The Hall–Kier alpha value is -1.55. The van der Waals surface area contributed by atoms with Gasteiger partial charge < -0.3 is 5.32 Å². The molecule has 0 aromatic heterocycles. The highest BCUT2D eigenvalue weighted by molar-refractivity contribution is 6.35. The number of rotatable bonds is 4. The first-order valence-corrected chi connectivity index (χ1v) is 9.73. The van der Waals surface area contributed by atoms with Crippen molar-refractivity contribution in [2.24, 2.45) is 5.92 Å². The van der Waals surface area contributed by atoms with Crippen LogP contribution >= 0.6 is 23.2 Å². The number of piperidine rings is 1. The molecule has 3 nitrogen and oxygen atoms in total. The normalized spacial score (nSPS) is 17.9. The van der Waals surface area contributed by atoms with Crippen LogP contribution < -0.4 is 5.32 Å². The monoisotopic (exact) mass is 390 g/mol. The van der Waals surface area contributed by atoms with Crippen molar-refractivity contribution in [3.8, 4) is 0 Å². The molecular weight excluding hydrogens is 367 g/mol. The molecule has 1 N–H and O–H groups in total. The van der Waals surface area contributed by atoms with Crippen molar-refractivity contribution < 1.29 is 4.79 Å². The standard InChI is InChI=1S/C21H24Cl2N2O/c1-14-8-9-20(15(2)11-14)24-21(26)16-5-4-10-25(12-16)13-17-18(22)6-3-7-19(17)23/h3,6-9,11,16H,4-5,10,12-13H2,1-2H3,(H,24,26)/t16-/m0/s1. The van der Waals surface area contributed by atoms with Crippen molar-refractivity contribution >= 4 is 34.8 Å². The average Bonchev–Trinajstić information content (AvgIpc) is 2.61. The highest BCUT2D eigenvalue weighted by atomic mass is 35.5. The van der Waals surface area contributed by atoms with Crippen LogP contribution in [0.3, 0.4) is 0 Å². The van der Waals surface area contributed by atoms with E-state index in [9.17, 15) is 4.79 Å².